The molecule has 0 bridgehead atoms. The summed E-state index contributed by atoms with van der Waals surface area (Å²) in [6, 6.07) is 10.1. The molecule has 1 aromatic heterocycles. The number of carbonyl (C=O) groups excluding carboxylic acids is 2. The molecule has 4 rings (SSSR count). The van der Waals surface area contributed by atoms with E-state index >= 15 is 0 Å². The first-order chi connectivity index (χ1) is 16.1. The molecule has 1 aliphatic rings. The molecule has 6 nitrogen and oxygen atoms in total. The first-order valence-corrected chi connectivity index (χ1v) is 10.8. The second kappa shape index (κ2) is 8.96. The number of fused-ring (bicyclic) bond motifs is 1. The number of alkyl halides is 3. The number of phenols is 1. The van der Waals surface area contributed by atoms with Gasteiger partial charge in [0, 0.05) is 22.5 Å². The highest BCUT2D eigenvalue weighted by Crippen LogP contribution is 2.38. The normalized spacial score (nSPS) is 15.3. The van der Waals surface area contributed by atoms with Crippen LogP contribution in [0.15, 0.2) is 48.7 Å². The van der Waals surface area contributed by atoms with Crippen molar-refractivity contribution in [3.8, 4) is 11.5 Å². The van der Waals surface area contributed by atoms with E-state index in [0.29, 0.717) is 29.2 Å². The van der Waals surface area contributed by atoms with Gasteiger partial charge in [-0.1, -0.05) is 43.2 Å². The molecule has 1 heterocycles. The molecule has 1 aliphatic carbocycles. The Balaban J connectivity index is 1.68. The van der Waals surface area contributed by atoms with E-state index in [2.05, 4.69) is 10.3 Å². The zero-order valence-electron chi connectivity index (χ0n) is 18.4. The Hall–Kier alpha value is -3.62. The van der Waals surface area contributed by atoms with Crippen LogP contribution in [0.25, 0.3) is 10.8 Å². The molecule has 178 valence electrons. The molecule has 2 N–H and O–H groups in total. The van der Waals surface area contributed by atoms with Gasteiger partial charge in [0.15, 0.2) is 5.78 Å². The maximum atomic E-state index is 13.3. The number of carbonyl (C=O) groups is 2. The number of nitrogens with zero attached hydrogens (tertiary/aromatic N) is 1. The van der Waals surface area contributed by atoms with Gasteiger partial charge in [-0.3, -0.25) is 14.6 Å². The lowest BCUT2D eigenvalue weighted by atomic mass is 9.92. The van der Waals surface area contributed by atoms with E-state index in [4.69, 9.17) is 4.74 Å². The number of benzene rings is 2. The predicted molar refractivity (Wildman–Crippen MR) is 119 cm³/mol. The zero-order chi connectivity index (χ0) is 24.5. The number of hydrogen-bond donors (Lipinski definition) is 2. The fraction of sp³-hybridized carbons (Fsp3) is 0.320. The Morgan fingerprint density at radius 2 is 1.79 bits per heavy atom. The van der Waals surface area contributed by atoms with Crippen LogP contribution in [-0.2, 0) is 17.6 Å². The maximum Gasteiger partial charge on any atom is 0.433 e. The molecule has 1 saturated carbocycles. The summed E-state index contributed by atoms with van der Waals surface area (Å²) in [6.45, 7) is 1.29. The first-order valence-electron chi connectivity index (χ1n) is 10.8. The van der Waals surface area contributed by atoms with E-state index in [1.165, 1.54) is 19.1 Å². The van der Waals surface area contributed by atoms with Crippen molar-refractivity contribution in [1.82, 2.24) is 10.3 Å². The molecule has 0 saturated heterocycles. The molecule has 0 aliphatic heterocycles. The number of phenolic OH excluding ortho intramolecular Hbond substituents is 1. The quantitative estimate of drug-likeness (QED) is 0.517. The number of aromatic hydroxyl groups is 1. The SMILES string of the molecule is CC(=O)C1(NC(=O)c2cc(O)c3ccccc3c2OCc2ccc(C(F)(F)F)nc2)CCCC1. The van der Waals surface area contributed by atoms with Gasteiger partial charge in [0.05, 0.1) is 11.1 Å². The van der Waals surface area contributed by atoms with Crippen LogP contribution >= 0.6 is 0 Å². The average molecular weight is 472 g/mol. The Morgan fingerprint density at radius 1 is 1.12 bits per heavy atom. The molecule has 0 radical (unpaired) electrons. The second-order valence-electron chi connectivity index (χ2n) is 8.46. The standard InChI is InChI=1S/C25H23F3N2O4/c1-15(31)24(10-4-5-11-24)30-23(33)19-12-20(32)17-6-2-3-7-18(17)22(19)34-14-16-8-9-21(29-13-16)25(26,27)28/h2-3,6-9,12-13,32H,4-5,10-11,14H2,1H3,(H,30,33). The Labute approximate surface area is 193 Å². The molecule has 3 aromatic rings. The van der Waals surface area contributed by atoms with Gasteiger partial charge in [0.2, 0.25) is 0 Å². The molecule has 0 atom stereocenters. The number of ketones is 1. The van der Waals surface area contributed by atoms with Crippen LogP contribution in [0.1, 0.15) is 54.2 Å². The largest absolute Gasteiger partial charge is 0.507 e. The molecule has 2 aromatic carbocycles. The summed E-state index contributed by atoms with van der Waals surface area (Å²) in [5.41, 5.74) is -1.58. The van der Waals surface area contributed by atoms with Crippen LogP contribution < -0.4 is 10.1 Å². The Kier molecular flexibility index (Phi) is 6.20. The van der Waals surface area contributed by atoms with Crippen molar-refractivity contribution in [2.24, 2.45) is 0 Å². The number of Topliss-reactive ketones (excluding diaryl/α,β-unsaturated/α-hetero) is 1. The van der Waals surface area contributed by atoms with Crippen molar-refractivity contribution in [3.05, 3.63) is 65.5 Å². The van der Waals surface area contributed by atoms with Crippen molar-refractivity contribution in [1.29, 1.82) is 0 Å². The highest BCUT2D eigenvalue weighted by Gasteiger charge is 2.40. The van der Waals surface area contributed by atoms with Gasteiger partial charge in [-0.2, -0.15) is 13.2 Å². The van der Waals surface area contributed by atoms with Crippen LogP contribution in [0.4, 0.5) is 13.2 Å². The minimum Gasteiger partial charge on any atom is -0.507 e. The number of pyridine rings is 1. The summed E-state index contributed by atoms with van der Waals surface area (Å²) in [4.78, 5) is 29.1. The van der Waals surface area contributed by atoms with Crippen LogP contribution in [0, 0.1) is 0 Å². The zero-order valence-corrected chi connectivity index (χ0v) is 18.4. The number of halogens is 3. The lowest BCUT2D eigenvalue weighted by Crippen LogP contribution is -2.51. The number of ether oxygens (including phenoxy) is 1. The van der Waals surface area contributed by atoms with Crippen LogP contribution in [-0.4, -0.2) is 27.3 Å². The summed E-state index contributed by atoms with van der Waals surface area (Å²) in [5, 5.41) is 14.3. The summed E-state index contributed by atoms with van der Waals surface area (Å²) >= 11 is 0. The summed E-state index contributed by atoms with van der Waals surface area (Å²) < 4.78 is 44.3. The second-order valence-corrected chi connectivity index (χ2v) is 8.46. The number of hydrogen-bond acceptors (Lipinski definition) is 5. The summed E-state index contributed by atoms with van der Waals surface area (Å²) in [5.74, 6) is -0.685. The van der Waals surface area contributed by atoms with E-state index in [1.807, 2.05) is 0 Å². The first kappa shape index (κ1) is 23.5. The van der Waals surface area contributed by atoms with Crippen molar-refractivity contribution >= 4 is 22.5 Å². The van der Waals surface area contributed by atoms with E-state index in [9.17, 15) is 27.9 Å². The lowest BCUT2D eigenvalue weighted by molar-refractivity contribution is -0.141. The maximum absolute atomic E-state index is 13.3. The van der Waals surface area contributed by atoms with E-state index in [0.717, 1.165) is 25.1 Å². The fourth-order valence-electron chi connectivity index (χ4n) is 4.32. The average Bonchev–Trinajstić information content (AvgIpc) is 3.28. The minimum atomic E-state index is -4.55. The molecule has 34 heavy (non-hydrogen) atoms. The van der Waals surface area contributed by atoms with Crippen LogP contribution in [0.2, 0.25) is 0 Å². The molecule has 0 spiro atoms. The highest BCUT2D eigenvalue weighted by molar-refractivity contribution is 6.07. The number of aromatic nitrogens is 1. The fourth-order valence-corrected chi connectivity index (χ4v) is 4.32. The van der Waals surface area contributed by atoms with Crippen LogP contribution in [0.5, 0.6) is 11.5 Å². The van der Waals surface area contributed by atoms with Crippen molar-refractivity contribution in [2.45, 2.75) is 50.9 Å². The third-order valence-electron chi connectivity index (χ3n) is 6.20. The molecule has 1 amide bonds. The van der Waals surface area contributed by atoms with Crippen molar-refractivity contribution in [3.63, 3.8) is 0 Å². The summed E-state index contributed by atoms with van der Waals surface area (Å²) in [7, 11) is 0. The minimum absolute atomic E-state index is 0.0311. The predicted octanol–water partition coefficient (Wildman–Crippen LogP) is 5.17. The van der Waals surface area contributed by atoms with Gasteiger partial charge in [0.1, 0.15) is 23.8 Å². The Morgan fingerprint density at radius 3 is 2.38 bits per heavy atom. The molecular formula is C25H23F3N2O4. The number of rotatable bonds is 6. The van der Waals surface area contributed by atoms with Crippen molar-refractivity contribution in [2.75, 3.05) is 0 Å². The van der Waals surface area contributed by atoms with Crippen LogP contribution in [0.3, 0.4) is 0 Å². The monoisotopic (exact) mass is 472 g/mol. The smallest absolute Gasteiger partial charge is 0.433 e. The van der Waals surface area contributed by atoms with Gasteiger partial charge in [-0.15, -0.1) is 0 Å². The van der Waals surface area contributed by atoms with Gasteiger partial charge in [0.25, 0.3) is 5.91 Å². The molecular weight excluding hydrogens is 449 g/mol. The van der Waals surface area contributed by atoms with Crippen molar-refractivity contribution < 1.29 is 32.6 Å². The van der Waals surface area contributed by atoms with E-state index in [-0.39, 0.29) is 29.5 Å². The topological polar surface area (TPSA) is 88.5 Å². The molecule has 0 unspecified atom stereocenters. The molecule has 1 fully saturated rings. The molecule has 9 heteroatoms. The van der Waals surface area contributed by atoms with Gasteiger partial charge >= 0.3 is 6.18 Å². The van der Waals surface area contributed by atoms with E-state index < -0.39 is 23.3 Å². The Bertz CT molecular complexity index is 1230. The van der Waals surface area contributed by atoms with Gasteiger partial charge < -0.3 is 15.2 Å². The van der Waals surface area contributed by atoms with Gasteiger partial charge in [-0.25, -0.2) is 0 Å². The number of nitrogens with one attached hydrogen (secondary N) is 1. The van der Waals surface area contributed by atoms with E-state index in [1.54, 1.807) is 24.3 Å². The third kappa shape index (κ3) is 4.55. The van der Waals surface area contributed by atoms with Gasteiger partial charge in [-0.05, 0) is 31.9 Å². The third-order valence-corrected chi connectivity index (χ3v) is 6.20. The highest BCUT2D eigenvalue weighted by atomic mass is 19.4. The number of amides is 1. The summed E-state index contributed by atoms with van der Waals surface area (Å²) in [6.07, 6.45) is -0.804. The lowest BCUT2D eigenvalue weighted by Gasteiger charge is -2.28.